The van der Waals surface area contributed by atoms with E-state index in [4.69, 9.17) is 9.47 Å². The number of carbonyl (C=O) groups is 1. The number of aromatic nitrogens is 2. The average Bonchev–Trinajstić information content (AvgIpc) is 3.49. The van der Waals surface area contributed by atoms with Crippen molar-refractivity contribution >= 4 is 28.2 Å². The Labute approximate surface area is 197 Å². The second-order valence-electron chi connectivity index (χ2n) is 8.43. The molecule has 4 aromatic rings. The summed E-state index contributed by atoms with van der Waals surface area (Å²) in [4.78, 5) is 13.2. The lowest BCUT2D eigenvalue weighted by Gasteiger charge is -2.34. The molecule has 178 valence electrons. The molecule has 1 aromatic heterocycles. The Bertz CT molecular complexity index is 1440. The molecule has 2 atom stereocenters. The van der Waals surface area contributed by atoms with Crippen LogP contribution < -0.4 is 20.1 Å². The lowest BCUT2D eigenvalue weighted by molar-refractivity contribution is -0.173. The fourth-order valence-corrected chi connectivity index (χ4v) is 4.60. The molecule has 35 heavy (non-hydrogen) atoms. The highest BCUT2D eigenvalue weighted by atomic mass is 19.4. The van der Waals surface area contributed by atoms with Crippen molar-refractivity contribution in [1.29, 1.82) is 0 Å². The third-order valence-electron chi connectivity index (χ3n) is 6.32. The summed E-state index contributed by atoms with van der Waals surface area (Å²) in [5, 5.41) is 11.6. The van der Waals surface area contributed by atoms with Gasteiger partial charge in [0, 0.05) is 17.5 Å². The van der Waals surface area contributed by atoms with Crippen LogP contribution in [0.1, 0.15) is 34.4 Å². The standard InChI is InChI=1S/C25H19F3N4O3/c26-25(27,28)22-11-19(15-8-9-20-21(10-15)35-13-34-20)30-23-17(12-29-32(22)23)24(33)31-18-7-3-5-14-4-1-2-6-16(14)18/h1-10,12,19,22,30H,11,13H2,(H,31,33)/t19-,22-/m0/s1. The van der Waals surface area contributed by atoms with Gasteiger partial charge in [0.25, 0.3) is 5.91 Å². The predicted molar refractivity (Wildman–Crippen MR) is 123 cm³/mol. The van der Waals surface area contributed by atoms with E-state index in [1.807, 2.05) is 30.3 Å². The van der Waals surface area contributed by atoms with Crippen molar-refractivity contribution in [2.24, 2.45) is 0 Å². The van der Waals surface area contributed by atoms with Crippen LogP contribution in [-0.2, 0) is 0 Å². The zero-order valence-electron chi connectivity index (χ0n) is 18.2. The van der Waals surface area contributed by atoms with Crippen molar-refractivity contribution in [2.45, 2.75) is 24.7 Å². The van der Waals surface area contributed by atoms with E-state index < -0.39 is 24.2 Å². The maximum absolute atomic E-state index is 14.0. The van der Waals surface area contributed by atoms with Crippen LogP contribution in [0.25, 0.3) is 10.8 Å². The molecule has 10 heteroatoms. The number of nitrogens with one attached hydrogen (secondary N) is 2. The van der Waals surface area contributed by atoms with Crippen LogP contribution in [0.15, 0.2) is 66.9 Å². The zero-order chi connectivity index (χ0) is 24.2. The van der Waals surface area contributed by atoms with Crippen molar-refractivity contribution < 1.29 is 27.4 Å². The molecule has 2 aliphatic heterocycles. The average molecular weight is 480 g/mol. The molecular formula is C25H19F3N4O3. The molecule has 0 aliphatic carbocycles. The number of rotatable bonds is 3. The fraction of sp³-hybridized carbons (Fsp3) is 0.200. The highest BCUT2D eigenvalue weighted by molar-refractivity contribution is 6.11. The number of ether oxygens (including phenoxy) is 2. The maximum Gasteiger partial charge on any atom is 0.410 e. The fourth-order valence-electron chi connectivity index (χ4n) is 4.60. The predicted octanol–water partition coefficient (Wildman–Crippen LogP) is 5.68. The van der Waals surface area contributed by atoms with Crippen LogP contribution in [-0.4, -0.2) is 28.7 Å². The van der Waals surface area contributed by atoms with Crippen LogP contribution in [0.3, 0.4) is 0 Å². The smallest absolute Gasteiger partial charge is 0.410 e. The number of alkyl halides is 3. The summed E-state index contributed by atoms with van der Waals surface area (Å²) in [5.41, 5.74) is 1.18. The van der Waals surface area contributed by atoms with Gasteiger partial charge in [0.15, 0.2) is 17.5 Å². The topological polar surface area (TPSA) is 77.4 Å². The molecule has 0 fully saturated rings. The molecule has 2 aliphatic rings. The van der Waals surface area contributed by atoms with Crippen molar-refractivity contribution in [3.8, 4) is 11.5 Å². The van der Waals surface area contributed by atoms with Crippen LogP contribution in [0, 0.1) is 0 Å². The highest BCUT2D eigenvalue weighted by Gasteiger charge is 2.47. The molecule has 0 spiro atoms. The van der Waals surface area contributed by atoms with Crippen LogP contribution in [0.5, 0.6) is 11.5 Å². The van der Waals surface area contributed by atoms with Crippen molar-refractivity contribution in [3.05, 3.63) is 78.0 Å². The minimum atomic E-state index is -4.55. The van der Waals surface area contributed by atoms with Gasteiger partial charge in [-0.05, 0) is 29.1 Å². The number of halogens is 3. The van der Waals surface area contributed by atoms with Gasteiger partial charge < -0.3 is 20.1 Å². The zero-order valence-corrected chi connectivity index (χ0v) is 18.2. The lowest BCUT2D eigenvalue weighted by atomic mass is 9.96. The normalized spacial score (nSPS) is 18.7. The Morgan fingerprint density at radius 2 is 1.86 bits per heavy atom. The van der Waals surface area contributed by atoms with E-state index in [9.17, 15) is 18.0 Å². The first-order valence-corrected chi connectivity index (χ1v) is 11.0. The maximum atomic E-state index is 14.0. The summed E-state index contributed by atoms with van der Waals surface area (Å²) >= 11 is 0. The van der Waals surface area contributed by atoms with E-state index in [1.54, 1.807) is 30.3 Å². The summed E-state index contributed by atoms with van der Waals surface area (Å²) in [6.07, 6.45) is -3.67. The third-order valence-corrected chi connectivity index (χ3v) is 6.32. The second kappa shape index (κ2) is 7.93. The van der Waals surface area contributed by atoms with Gasteiger partial charge in [-0.2, -0.15) is 18.3 Å². The summed E-state index contributed by atoms with van der Waals surface area (Å²) in [6, 6.07) is 15.4. The highest BCUT2D eigenvalue weighted by Crippen LogP contribution is 2.46. The van der Waals surface area contributed by atoms with Gasteiger partial charge in [0.1, 0.15) is 11.4 Å². The van der Waals surface area contributed by atoms with Crippen LogP contribution >= 0.6 is 0 Å². The summed E-state index contributed by atoms with van der Waals surface area (Å²) in [7, 11) is 0. The second-order valence-corrected chi connectivity index (χ2v) is 8.43. The van der Waals surface area contributed by atoms with Gasteiger partial charge in [-0.3, -0.25) is 4.79 Å². The number of hydrogen-bond acceptors (Lipinski definition) is 5. The number of anilines is 2. The Morgan fingerprint density at radius 1 is 1.06 bits per heavy atom. The van der Waals surface area contributed by atoms with Crippen molar-refractivity contribution in [2.75, 3.05) is 17.4 Å². The van der Waals surface area contributed by atoms with Crippen LogP contribution in [0.4, 0.5) is 24.7 Å². The van der Waals surface area contributed by atoms with Gasteiger partial charge in [0.05, 0.1) is 12.2 Å². The van der Waals surface area contributed by atoms with E-state index in [1.165, 1.54) is 6.20 Å². The first kappa shape index (κ1) is 21.3. The van der Waals surface area contributed by atoms with Gasteiger partial charge in [-0.1, -0.05) is 42.5 Å². The molecule has 0 radical (unpaired) electrons. The largest absolute Gasteiger partial charge is 0.454 e. The number of hydrogen-bond donors (Lipinski definition) is 2. The molecule has 2 N–H and O–H groups in total. The number of nitrogens with zero attached hydrogens (tertiary/aromatic N) is 2. The van der Waals surface area contributed by atoms with Crippen LogP contribution in [0.2, 0.25) is 0 Å². The van der Waals surface area contributed by atoms with Gasteiger partial charge >= 0.3 is 6.18 Å². The van der Waals surface area contributed by atoms with Gasteiger partial charge in [-0.25, -0.2) is 4.68 Å². The Morgan fingerprint density at radius 3 is 2.71 bits per heavy atom. The molecule has 3 heterocycles. The van der Waals surface area contributed by atoms with Gasteiger partial charge in [-0.15, -0.1) is 0 Å². The lowest BCUT2D eigenvalue weighted by Crippen LogP contribution is -2.36. The summed E-state index contributed by atoms with van der Waals surface area (Å²) < 4.78 is 53.6. The molecule has 6 rings (SSSR count). The summed E-state index contributed by atoms with van der Waals surface area (Å²) in [5.74, 6) is 0.472. The van der Waals surface area contributed by atoms with Gasteiger partial charge in [0.2, 0.25) is 6.79 Å². The Kier molecular flexibility index (Phi) is 4.84. The van der Waals surface area contributed by atoms with E-state index >= 15 is 0 Å². The van der Waals surface area contributed by atoms with E-state index in [0.29, 0.717) is 22.7 Å². The molecule has 0 saturated heterocycles. The Hall–Kier alpha value is -4.21. The van der Waals surface area contributed by atoms with E-state index in [2.05, 4.69) is 15.7 Å². The third kappa shape index (κ3) is 3.71. The number of fused-ring (bicyclic) bond motifs is 3. The minimum absolute atomic E-state index is 0.0129. The molecule has 3 aromatic carbocycles. The molecule has 0 saturated carbocycles. The number of carbonyl (C=O) groups excluding carboxylic acids is 1. The first-order valence-electron chi connectivity index (χ1n) is 11.0. The number of benzene rings is 3. The van der Waals surface area contributed by atoms with E-state index in [-0.39, 0.29) is 24.6 Å². The molecule has 0 unspecified atom stereocenters. The first-order chi connectivity index (χ1) is 16.9. The monoisotopic (exact) mass is 480 g/mol. The molecular weight excluding hydrogens is 461 g/mol. The van der Waals surface area contributed by atoms with Crippen molar-refractivity contribution in [1.82, 2.24) is 9.78 Å². The quantitative estimate of drug-likeness (QED) is 0.395. The van der Waals surface area contributed by atoms with Crippen molar-refractivity contribution in [3.63, 3.8) is 0 Å². The summed E-state index contributed by atoms with van der Waals surface area (Å²) in [6.45, 7) is 0.0628. The molecule has 1 amide bonds. The Balaban J connectivity index is 1.36. The minimum Gasteiger partial charge on any atom is -0.454 e. The number of amides is 1. The molecule has 7 nitrogen and oxygen atoms in total. The SMILES string of the molecule is O=C(Nc1cccc2ccccc12)c1cnn2c1N[C@H](c1ccc3c(c1)OCO3)C[C@H]2C(F)(F)F. The van der Waals surface area contributed by atoms with E-state index in [0.717, 1.165) is 15.5 Å². The molecule has 0 bridgehead atoms.